The summed E-state index contributed by atoms with van der Waals surface area (Å²) >= 11 is 0. The molecule has 2 atom stereocenters. The predicted octanol–water partition coefficient (Wildman–Crippen LogP) is -1.40. The summed E-state index contributed by atoms with van der Waals surface area (Å²) in [5.74, 6) is -0.321. The van der Waals surface area contributed by atoms with Crippen LogP contribution in [-0.4, -0.2) is 42.9 Å². The zero-order chi connectivity index (χ0) is 9.68. The molecule has 13 heavy (non-hydrogen) atoms. The van der Waals surface area contributed by atoms with Crippen LogP contribution in [0.15, 0.2) is 0 Å². The van der Waals surface area contributed by atoms with E-state index in [1.807, 2.05) is 0 Å². The Bertz CT molecular complexity index is 169. The van der Waals surface area contributed by atoms with Crippen LogP contribution in [0, 0.1) is 0 Å². The molecule has 1 fully saturated rings. The Labute approximate surface area is 77.2 Å². The van der Waals surface area contributed by atoms with Gasteiger partial charge in [-0.05, 0) is 12.8 Å². The van der Waals surface area contributed by atoms with E-state index in [0.29, 0.717) is 6.54 Å². The molecule has 1 rings (SSSR count). The smallest absolute Gasteiger partial charge is 0.239 e. The quantitative estimate of drug-likeness (QED) is 0.506. The number of rotatable bonds is 4. The number of aliphatic hydroxyl groups excluding tert-OH is 1. The van der Waals surface area contributed by atoms with Gasteiger partial charge in [-0.2, -0.15) is 0 Å². The van der Waals surface area contributed by atoms with Crippen molar-refractivity contribution in [1.29, 1.82) is 0 Å². The van der Waals surface area contributed by atoms with Crippen molar-refractivity contribution in [3.8, 4) is 0 Å². The summed E-state index contributed by atoms with van der Waals surface area (Å²) < 4.78 is 5.30. The van der Waals surface area contributed by atoms with Crippen LogP contribution in [0.25, 0.3) is 0 Å². The number of nitrogens with one attached hydrogen (secondary N) is 1. The Kier molecular flexibility index (Phi) is 4.14. The molecular formula is C8H16N2O3. The SMILES string of the molecule is NC(CO)C(=O)NCC1CCCO1. The Hall–Kier alpha value is -0.650. The first-order valence-corrected chi connectivity index (χ1v) is 4.50. The molecule has 0 aromatic rings. The molecule has 0 aliphatic carbocycles. The van der Waals surface area contributed by atoms with E-state index in [2.05, 4.69) is 5.32 Å². The molecule has 76 valence electrons. The van der Waals surface area contributed by atoms with Crippen molar-refractivity contribution in [1.82, 2.24) is 5.32 Å². The summed E-state index contributed by atoms with van der Waals surface area (Å²) in [5, 5.41) is 11.2. The number of hydrogen-bond donors (Lipinski definition) is 3. The van der Waals surface area contributed by atoms with Crippen LogP contribution in [0.5, 0.6) is 0 Å². The van der Waals surface area contributed by atoms with Crippen molar-refractivity contribution < 1.29 is 14.6 Å². The van der Waals surface area contributed by atoms with E-state index in [1.54, 1.807) is 0 Å². The van der Waals surface area contributed by atoms with Crippen LogP contribution in [-0.2, 0) is 9.53 Å². The van der Waals surface area contributed by atoms with Gasteiger partial charge in [0.05, 0.1) is 12.7 Å². The topological polar surface area (TPSA) is 84.6 Å². The molecule has 0 spiro atoms. The van der Waals surface area contributed by atoms with Crippen molar-refractivity contribution in [3.63, 3.8) is 0 Å². The van der Waals surface area contributed by atoms with E-state index in [1.165, 1.54) is 0 Å². The Balaban J connectivity index is 2.13. The molecular weight excluding hydrogens is 172 g/mol. The van der Waals surface area contributed by atoms with Crippen molar-refractivity contribution in [2.45, 2.75) is 25.0 Å². The fourth-order valence-corrected chi connectivity index (χ4v) is 1.23. The highest BCUT2D eigenvalue weighted by atomic mass is 16.5. The van der Waals surface area contributed by atoms with Gasteiger partial charge in [-0.1, -0.05) is 0 Å². The summed E-state index contributed by atoms with van der Waals surface area (Å²) in [6.07, 6.45) is 2.15. The number of carbonyl (C=O) groups is 1. The summed E-state index contributed by atoms with van der Waals surface area (Å²) in [6, 6.07) is -0.818. The molecule has 0 radical (unpaired) electrons. The average molecular weight is 188 g/mol. The molecule has 5 nitrogen and oxygen atoms in total. The highest BCUT2D eigenvalue weighted by Crippen LogP contribution is 2.10. The van der Waals surface area contributed by atoms with E-state index in [9.17, 15) is 4.79 Å². The van der Waals surface area contributed by atoms with Crippen molar-refractivity contribution in [2.24, 2.45) is 5.73 Å². The van der Waals surface area contributed by atoms with Gasteiger partial charge in [0, 0.05) is 13.2 Å². The zero-order valence-corrected chi connectivity index (χ0v) is 7.53. The van der Waals surface area contributed by atoms with Crippen molar-refractivity contribution in [2.75, 3.05) is 19.8 Å². The maximum Gasteiger partial charge on any atom is 0.239 e. The summed E-state index contributed by atoms with van der Waals surface area (Å²) in [6.45, 7) is 0.941. The minimum Gasteiger partial charge on any atom is -0.394 e. The van der Waals surface area contributed by atoms with Crippen LogP contribution in [0.4, 0.5) is 0 Å². The second-order valence-electron chi connectivity index (χ2n) is 3.17. The molecule has 0 aromatic heterocycles. The number of amides is 1. The monoisotopic (exact) mass is 188 g/mol. The van der Waals surface area contributed by atoms with Crippen LogP contribution >= 0.6 is 0 Å². The second kappa shape index (κ2) is 5.16. The third-order valence-corrected chi connectivity index (χ3v) is 2.06. The highest BCUT2D eigenvalue weighted by Gasteiger charge is 2.18. The summed E-state index contributed by atoms with van der Waals surface area (Å²) in [5.41, 5.74) is 5.30. The molecule has 5 heteroatoms. The largest absolute Gasteiger partial charge is 0.394 e. The number of nitrogens with two attached hydrogens (primary N) is 1. The Morgan fingerprint density at radius 2 is 2.54 bits per heavy atom. The standard InChI is InChI=1S/C8H16N2O3/c9-7(5-11)8(12)10-4-6-2-1-3-13-6/h6-7,11H,1-5,9H2,(H,10,12). The van der Waals surface area contributed by atoms with Gasteiger partial charge >= 0.3 is 0 Å². The lowest BCUT2D eigenvalue weighted by Gasteiger charge is -2.13. The van der Waals surface area contributed by atoms with E-state index < -0.39 is 6.04 Å². The lowest BCUT2D eigenvalue weighted by molar-refractivity contribution is -0.123. The third kappa shape index (κ3) is 3.30. The first kappa shape index (κ1) is 10.4. The molecule has 0 saturated carbocycles. The third-order valence-electron chi connectivity index (χ3n) is 2.06. The summed E-state index contributed by atoms with van der Waals surface area (Å²) in [4.78, 5) is 11.1. The van der Waals surface area contributed by atoms with Crippen LogP contribution in [0.2, 0.25) is 0 Å². The normalized spacial score (nSPS) is 24.3. The molecule has 1 saturated heterocycles. The van der Waals surface area contributed by atoms with Gasteiger partial charge in [-0.25, -0.2) is 0 Å². The van der Waals surface area contributed by atoms with Crippen molar-refractivity contribution in [3.05, 3.63) is 0 Å². The van der Waals surface area contributed by atoms with Gasteiger partial charge in [-0.15, -0.1) is 0 Å². The fraction of sp³-hybridized carbons (Fsp3) is 0.875. The lowest BCUT2D eigenvalue weighted by atomic mass is 10.2. The molecule has 1 amide bonds. The van der Waals surface area contributed by atoms with Gasteiger partial charge in [-0.3, -0.25) is 4.79 Å². The fourth-order valence-electron chi connectivity index (χ4n) is 1.23. The summed E-state index contributed by atoms with van der Waals surface area (Å²) in [7, 11) is 0. The number of ether oxygens (including phenoxy) is 1. The van der Waals surface area contributed by atoms with Gasteiger partial charge in [0.1, 0.15) is 6.04 Å². The first-order chi connectivity index (χ1) is 6.24. The van der Waals surface area contributed by atoms with E-state index in [4.69, 9.17) is 15.6 Å². The van der Waals surface area contributed by atoms with Crippen LogP contribution in [0.3, 0.4) is 0 Å². The maximum atomic E-state index is 11.1. The van der Waals surface area contributed by atoms with Gasteiger partial charge < -0.3 is 20.9 Å². The first-order valence-electron chi connectivity index (χ1n) is 4.50. The van der Waals surface area contributed by atoms with Gasteiger partial charge in [0.25, 0.3) is 0 Å². The van der Waals surface area contributed by atoms with E-state index in [0.717, 1.165) is 19.4 Å². The molecule has 1 heterocycles. The number of hydrogen-bond acceptors (Lipinski definition) is 4. The minimum atomic E-state index is -0.818. The average Bonchev–Trinajstić information content (AvgIpc) is 2.65. The van der Waals surface area contributed by atoms with Crippen LogP contribution in [0.1, 0.15) is 12.8 Å². The molecule has 1 aliphatic rings. The Morgan fingerprint density at radius 1 is 1.77 bits per heavy atom. The Morgan fingerprint density at radius 3 is 3.08 bits per heavy atom. The van der Waals surface area contributed by atoms with E-state index >= 15 is 0 Å². The van der Waals surface area contributed by atoms with Crippen molar-refractivity contribution >= 4 is 5.91 Å². The maximum absolute atomic E-state index is 11.1. The van der Waals surface area contributed by atoms with Crippen LogP contribution < -0.4 is 11.1 Å². The molecule has 0 aromatic carbocycles. The minimum absolute atomic E-state index is 0.120. The molecule has 2 unspecified atom stereocenters. The van der Waals surface area contributed by atoms with E-state index in [-0.39, 0.29) is 18.6 Å². The van der Waals surface area contributed by atoms with Gasteiger partial charge in [0.2, 0.25) is 5.91 Å². The van der Waals surface area contributed by atoms with Gasteiger partial charge in [0.15, 0.2) is 0 Å². The zero-order valence-electron chi connectivity index (χ0n) is 7.53. The second-order valence-corrected chi connectivity index (χ2v) is 3.17. The lowest BCUT2D eigenvalue weighted by Crippen LogP contribution is -2.45. The molecule has 0 bridgehead atoms. The molecule has 1 aliphatic heterocycles. The highest BCUT2D eigenvalue weighted by molar-refractivity contribution is 5.81. The molecule has 4 N–H and O–H groups in total. The number of aliphatic hydroxyl groups is 1. The predicted molar refractivity (Wildman–Crippen MR) is 47.0 cm³/mol. The number of carbonyl (C=O) groups excluding carboxylic acids is 1.